The van der Waals surface area contributed by atoms with Gasteiger partial charge in [-0.2, -0.15) is 11.8 Å². The number of thioether (sulfide) groups is 1. The molecule has 1 atom stereocenters. The van der Waals surface area contributed by atoms with Crippen LogP contribution in [0.3, 0.4) is 0 Å². The van der Waals surface area contributed by atoms with Crippen LogP contribution in [-0.2, 0) is 0 Å². The number of rotatable bonds is 5. The molecule has 0 fully saturated rings. The van der Waals surface area contributed by atoms with E-state index < -0.39 is 5.82 Å². The molecule has 1 aromatic carbocycles. The number of hydrogen-bond acceptors (Lipinski definition) is 2. The van der Waals surface area contributed by atoms with Gasteiger partial charge in [-0.25, -0.2) is 4.39 Å². The molecule has 1 amide bonds. The van der Waals surface area contributed by atoms with E-state index >= 15 is 0 Å². The molecule has 5 heteroatoms. The van der Waals surface area contributed by atoms with Crippen molar-refractivity contribution in [2.24, 2.45) is 0 Å². The van der Waals surface area contributed by atoms with Crippen molar-refractivity contribution in [1.82, 2.24) is 5.32 Å². The Hall–Kier alpha value is -0.550. The molecule has 94 valence electrons. The number of hydrogen-bond donors (Lipinski definition) is 1. The van der Waals surface area contributed by atoms with Crippen LogP contribution in [0.5, 0.6) is 0 Å². The van der Waals surface area contributed by atoms with Gasteiger partial charge in [0.05, 0.1) is 5.56 Å². The number of carbonyl (C=O) groups is 1. The molecule has 1 rings (SSSR count). The van der Waals surface area contributed by atoms with Gasteiger partial charge in [-0.3, -0.25) is 4.79 Å². The van der Waals surface area contributed by atoms with Gasteiger partial charge in [-0.1, -0.05) is 22.9 Å². The molecule has 0 aliphatic carbocycles. The molecule has 0 aliphatic rings. The molecule has 0 bridgehead atoms. The molecule has 1 aromatic rings. The number of nitrogens with one attached hydrogen (secondary N) is 1. The summed E-state index contributed by atoms with van der Waals surface area (Å²) in [6, 6.07) is 4.47. The Kier molecular flexibility index (Phi) is 5.98. The molecule has 2 nitrogen and oxygen atoms in total. The van der Waals surface area contributed by atoms with Gasteiger partial charge in [0.1, 0.15) is 5.82 Å². The van der Waals surface area contributed by atoms with Gasteiger partial charge in [0, 0.05) is 16.3 Å². The summed E-state index contributed by atoms with van der Waals surface area (Å²) in [5.41, 5.74) is 0.0848. The number of amides is 1. The maximum atomic E-state index is 13.5. The minimum absolute atomic E-state index is 0.0375. The average Bonchev–Trinajstić information content (AvgIpc) is 2.26. The summed E-state index contributed by atoms with van der Waals surface area (Å²) in [5.74, 6) is 0.971. The first-order valence-corrected chi connectivity index (χ1v) is 7.33. The van der Waals surface area contributed by atoms with Gasteiger partial charge >= 0.3 is 0 Å². The second kappa shape index (κ2) is 7.01. The molecule has 0 saturated carbocycles. The van der Waals surface area contributed by atoms with Crippen LogP contribution in [0.15, 0.2) is 22.7 Å². The largest absolute Gasteiger partial charge is 0.349 e. The van der Waals surface area contributed by atoms with E-state index in [1.54, 1.807) is 17.8 Å². The molecule has 0 radical (unpaired) electrons. The van der Waals surface area contributed by atoms with Crippen molar-refractivity contribution < 1.29 is 9.18 Å². The second-order valence-corrected chi connectivity index (χ2v) is 5.89. The van der Waals surface area contributed by atoms with Gasteiger partial charge in [0.25, 0.3) is 5.91 Å². The lowest BCUT2D eigenvalue weighted by atomic mass is 10.2. The summed E-state index contributed by atoms with van der Waals surface area (Å²) in [7, 11) is 0. The lowest BCUT2D eigenvalue weighted by Crippen LogP contribution is -2.34. The average molecular weight is 320 g/mol. The molecule has 0 heterocycles. The Morgan fingerprint density at radius 2 is 2.29 bits per heavy atom. The van der Waals surface area contributed by atoms with Crippen molar-refractivity contribution in [1.29, 1.82) is 0 Å². The van der Waals surface area contributed by atoms with E-state index in [4.69, 9.17) is 0 Å². The van der Waals surface area contributed by atoms with Crippen LogP contribution in [0.2, 0.25) is 0 Å². The lowest BCUT2D eigenvalue weighted by Gasteiger charge is -2.13. The normalized spacial score (nSPS) is 12.2. The van der Waals surface area contributed by atoms with Crippen LogP contribution in [0.25, 0.3) is 0 Å². The van der Waals surface area contributed by atoms with Gasteiger partial charge < -0.3 is 5.32 Å². The fraction of sp³-hybridized carbons (Fsp3) is 0.417. The standard InChI is InChI=1S/C12H15BrFNOS/c1-3-17-7-8(2)15-12(16)10-5-4-9(13)6-11(10)14/h4-6,8H,3,7H2,1-2H3,(H,15,16). The third-order valence-corrected chi connectivity index (χ3v) is 3.76. The SMILES string of the molecule is CCSCC(C)NC(=O)c1ccc(Br)cc1F. The first-order chi connectivity index (χ1) is 8.04. The zero-order valence-electron chi connectivity index (χ0n) is 9.80. The van der Waals surface area contributed by atoms with E-state index in [2.05, 4.69) is 28.2 Å². The highest BCUT2D eigenvalue weighted by molar-refractivity contribution is 9.10. The molecular weight excluding hydrogens is 305 g/mol. The van der Waals surface area contributed by atoms with Crippen molar-refractivity contribution in [3.05, 3.63) is 34.1 Å². The number of benzene rings is 1. The molecule has 17 heavy (non-hydrogen) atoms. The maximum Gasteiger partial charge on any atom is 0.254 e. The van der Waals surface area contributed by atoms with Gasteiger partial charge in [-0.15, -0.1) is 0 Å². The topological polar surface area (TPSA) is 29.1 Å². The smallest absolute Gasteiger partial charge is 0.254 e. The molecule has 1 N–H and O–H groups in total. The molecule has 0 saturated heterocycles. The summed E-state index contributed by atoms with van der Waals surface area (Å²) >= 11 is 4.90. The van der Waals surface area contributed by atoms with Crippen LogP contribution < -0.4 is 5.32 Å². The van der Waals surface area contributed by atoms with Crippen LogP contribution in [0.1, 0.15) is 24.2 Å². The minimum atomic E-state index is -0.507. The van der Waals surface area contributed by atoms with Crippen molar-refractivity contribution in [3.63, 3.8) is 0 Å². The van der Waals surface area contributed by atoms with Gasteiger partial charge in [-0.05, 0) is 30.9 Å². The minimum Gasteiger partial charge on any atom is -0.349 e. The van der Waals surface area contributed by atoms with Crippen LogP contribution in [-0.4, -0.2) is 23.5 Å². The van der Waals surface area contributed by atoms with E-state index in [1.165, 1.54) is 12.1 Å². The zero-order chi connectivity index (χ0) is 12.8. The summed E-state index contributed by atoms with van der Waals surface area (Å²) < 4.78 is 14.1. The van der Waals surface area contributed by atoms with Crippen LogP contribution in [0, 0.1) is 5.82 Å². The first kappa shape index (κ1) is 14.5. The molecule has 1 unspecified atom stereocenters. The monoisotopic (exact) mass is 319 g/mol. The highest BCUT2D eigenvalue weighted by atomic mass is 79.9. The quantitative estimate of drug-likeness (QED) is 0.900. The fourth-order valence-electron chi connectivity index (χ4n) is 1.31. The molecule has 0 spiro atoms. The fourth-order valence-corrected chi connectivity index (χ4v) is 2.32. The maximum absolute atomic E-state index is 13.5. The molecular formula is C12H15BrFNOS. The summed E-state index contributed by atoms with van der Waals surface area (Å²) in [6.07, 6.45) is 0. The van der Waals surface area contributed by atoms with E-state index in [1.807, 2.05) is 6.92 Å². The Bertz CT molecular complexity index is 400. The van der Waals surface area contributed by atoms with Gasteiger partial charge in [0.2, 0.25) is 0 Å². The Labute approximate surface area is 113 Å². The van der Waals surface area contributed by atoms with Crippen molar-refractivity contribution in [2.75, 3.05) is 11.5 Å². The van der Waals surface area contributed by atoms with E-state index in [9.17, 15) is 9.18 Å². The Morgan fingerprint density at radius 1 is 1.59 bits per heavy atom. The predicted octanol–water partition coefficient (Wildman–Crippen LogP) is 3.46. The molecule has 0 aromatic heterocycles. The van der Waals surface area contributed by atoms with Crippen molar-refractivity contribution >= 4 is 33.6 Å². The summed E-state index contributed by atoms with van der Waals surface area (Å²) in [4.78, 5) is 11.8. The number of carbonyl (C=O) groups excluding carboxylic acids is 1. The second-order valence-electron chi connectivity index (χ2n) is 3.66. The van der Waals surface area contributed by atoms with Crippen molar-refractivity contribution in [2.45, 2.75) is 19.9 Å². The Morgan fingerprint density at radius 3 is 2.88 bits per heavy atom. The number of halogens is 2. The first-order valence-electron chi connectivity index (χ1n) is 5.38. The van der Waals surface area contributed by atoms with E-state index in [0.717, 1.165) is 11.5 Å². The van der Waals surface area contributed by atoms with Crippen LogP contribution >= 0.6 is 27.7 Å². The van der Waals surface area contributed by atoms with E-state index in [0.29, 0.717) is 4.47 Å². The highest BCUT2D eigenvalue weighted by Gasteiger charge is 2.13. The third-order valence-electron chi connectivity index (χ3n) is 2.13. The van der Waals surface area contributed by atoms with Gasteiger partial charge in [0.15, 0.2) is 0 Å². The Balaban J connectivity index is 2.63. The molecule has 0 aliphatic heterocycles. The zero-order valence-corrected chi connectivity index (χ0v) is 12.2. The predicted molar refractivity (Wildman–Crippen MR) is 74.0 cm³/mol. The summed E-state index contributed by atoms with van der Waals surface area (Å²) in [6.45, 7) is 3.98. The lowest BCUT2D eigenvalue weighted by molar-refractivity contribution is 0.0939. The summed E-state index contributed by atoms with van der Waals surface area (Å²) in [5, 5.41) is 2.78. The van der Waals surface area contributed by atoms with Crippen molar-refractivity contribution in [3.8, 4) is 0 Å². The van der Waals surface area contributed by atoms with E-state index in [-0.39, 0.29) is 17.5 Å². The van der Waals surface area contributed by atoms with Crippen LogP contribution in [0.4, 0.5) is 4.39 Å². The third kappa shape index (κ3) is 4.68. The highest BCUT2D eigenvalue weighted by Crippen LogP contribution is 2.15.